The smallest absolute Gasteiger partial charge is 0.246 e. The maximum atomic E-state index is 14.1. The van der Waals surface area contributed by atoms with Crippen LogP contribution in [0.1, 0.15) is 74.7 Å². The first-order valence-electron chi connectivity index (χ1n) is 13.6. The number of benzene rings is 2. The largest absolute Gasteiger partial charge is 0.494 e. The summed E-state index contributed by atoms with van der Waals surface area (Å²) in [7, 11) is 0. The number of hydrogen-bond donors (Lipinski definition) is 1. The van der Waals surface area contributed by atoms with E-state index in [4.69, 9.17) is 4.74 Å². The third-order valence-electron chi connectivity index (χ3n) is 8.32. The highest BCUT2D eigenvalue weighted by atomic mass is 16.5. The summed E-state index contributed by atoms with van der Waals surface area (Å²) >= 11 is 0. The Morgan fingerprint density at radius 1 is 0.944 bits per heavy atom. The lowest BCUT2D eigenvalue weighted by Crippen LogP contribution is -2.64. The summed E-state index contributed by atoms with van der Waals surface area (Å²) in [4.78, 5) is 35.5. The maximum absolute atomic E-state index is 14.1. The van der Waals surface area contributed by atoms with Crippen LogP contribution in [0.5, 0.6) is 5.75 Å². The number of carbonyl (C=O) groups excluding carboxylic acids is 2. The Bertz CT molecular complexity index is 1270. The normalized spacial score (nSPS) is 23.2. The van der Waals surface area contributed by atoms with Crippen molar-refractivity contribution >= 4 is 22.7 Å². The first kappa shape index (κ1) is 23.1. The van der Waals surface area contributed by atoms with Crippen LogP contribution in [0.25, 0.3) is 10.9 Å². The molecule has 188 valence electrons. The number of para-hydroxylation sites is 2. The summed E-state index contributed by atoms with van der Waals surface area (Å²) in [6.45, 7) is 2.68. The summed E-state index contributed by atoms with van der Waals surface area (Å²) in [6, 6.07) is 15.5. The summed E-state index contributed by atoms with van der Waals surface area (Å²) < 4.78 is 6.02. The number of nitrogens with one attached hydrogen (secondary N) is 1. The predicted molar refractivity (Wildman–Crippen MR) is 140 cm³/mol. The van der Waals surface area contributed by atoms with Crippen LogP contribution >= 0.6 is 0 Å². The van der Waals surface area contributed by atoms with Gasteiger partial charge in [0, 0.05) is 34.6 Å². The van der Waals surface area contributed by atoms with Crippen LogP contribution in [-0.4, -0.2) is 51.8 Å². The van der Waals surface area contributed by atoms with E-state index < -0.39 is 6.04 Å². The molecule has 0 bridgehead atoms. The Balaban J connectivity index is 1.46. The van der Waals surface area contributed by atoms with E-state index in [1.165, 1.54) is 19.3 Å². The van der Waals surface area contributed by atoms with Crippen LogP contribution < -0.4 is 4.74 Å². The molecule has 0 unspecified atom stereocenters. The fourth-order valence-corrected chi connectivity index (χ4v) is 6.66. The molecular weight excluding hydrogens is 450 g/mol. The van der Waals surface area contributed by atoms with Crippen molar-refractivity contribution in [3.05, 3.63) is 65.4 Å². The van der Waals surface area contributed by atoms with E-state index >= 15 is 0 Å². The molecule has 3 aromatic rings. The molecule has 1 saturated heterocycles. The average Bonchev–Trinajstić information content (AvgIpc) is 3.24. The lowest BCUT2D eigenvalue weighted by Gasteiger charge is -2.49. The molecule has 2 atom stereocenters. The third-order valence-corrected chi connectivity index (χ3v) is 8.32. The minimum Gasteiger partial charge on any atom is -0.494 e. The summed E-state index contributed by atoms with van der Waals surface area (Å²) in [5, 5.41) is 1.13. The van der Waals surface area contributed by atoms with Crippen LogP contribution in [0.4, 0.5) is 0 Å². The molecule has 0 radical (unpaired) electrons. The second-order valence-corrected chi connectivity index (χ2v) is 10.4. The number of fused-ring (bicyclic) bond motifs is 4. The van der Waals surface area contributed by atoms with Crippen molar-refractivity contribution in [1.29, 1.82) is 0 Å². The highest BCUT2D eigenvalue weighted by molar-refractivity contribution is 5.98. The van der Waals surface area contributed by atoms with E-state index in [0.29, 0.717) is 13.0 Å². The van der Waals surface area contributed by atoms with Gasteiger partial charge in [0.2, 0.25) is 11.8 Å². The standard InChI is InChI=1S/C30H35N3O3/c1-2-36-26-17-11-9-15-22(26)29-28-23(21-14-8-10-16-24(21)31-28)18-25-30(35)32(19-27(34)33(25)29)20-12-6-4-3-5-7-13-20/h8-11,14-17,20,25,29,31H,2-7,12-13,18-19H2,1H3/t25-,29-/m0/s1. The van der Waals surface area contributed by atoms with Crippen LogP contribution in [-0.2, 0) is 16.0 Å². The quantitative estimate of drug-likeness (QED) is 0.541. The number of amides is 2. The molecular formula is C30H35N3O3. The highest BCUT2D eigenvalue weighted by Gasteiger charge is 2.49. The molecule has 2 fully saturated rings. The van der Waals surface area contributed by atoms with Crippen molar-refractivity contribution < 1.29 is 14.3 Å². The zero-order valence-electron chi connectivity index (χ0n) is 21.0. The molecule has 2 amide bonds. The van der Waals surface area contributed by atoms with Gasteiger partial charge in [-0.25, -0.2) is 0 Å². The average molecular weight is 486 g/mol. The molecule has 6 heteroatoms. The maximum Gasteiger partial charge on any atom is 0.246 e. The Kier molecular flexibility index (Phi) is 6.20. The van der Waals surface area contributed by atoms with Gasteiger partial charge in [-0.1, -0.05) is 68.5 Å². The lowest BCUT2D eigenvalue weighted by molar-refractivity contribution is -0.161. The van der Waals surface area contributed by atoms with Gasteiger partial charge in [-0.3, -0.25) is 9.59 Å². The highest BCUT2D eigenvalue weighted by Crippen LogP contribution is 2.45. The number of carbonyl (C=O) groups is 2. The molecule has 3 aliphatic rings. The number of piperazine rings is 1. The Labute approximate surface area is 212 Å². The fourth-order valence-electron chi connectivity index (χ4n) is 6.66. The lowest BCUT2D eigenvalue weighted by atomic mass is 9.85. The Hall–Kier alpha value is -3.28. The first-order chi connectivity index (χ1) is 17.7. The van der Waals surface area contributed by atoms with Gasteiger partial charge in [0.25, 0.3) is 0 Å². The van der Waals surface area contributed by atoms with Crippen LogP contribution in [0, 0.1) is 0 Å². The van der Waals surface area contributed by atoms with E-state index in [2.05, 4.69) is 17.1 Å². The predicted octanol–water partition coefficient (Wildman–Crippen LogP) is 5.36. The van der Waals surface area contributed by atoms with Crippen molar-refractivity contribution in [3.8, 4) is 5.75 Å². The van der Waals surface area contributed by atoms with E-state index in [1.807, 2.05) is 53.1 Å². The van der Waals surface area contributed by atoms with Crippen molar-refractivity contribution in [1.82, 2.24) is 14.8 Å². The van der Waals surface area contributed by atoms with E-state index in [0.717, 1.165) is 59.2 Å². The second-order valence-electron chi connectivity index (χ2n) is 10.4. The van der Waals surface area contributed by atoms with Gasteiger partial charge < -0.3 is 19.5 Å². The number of rotatable bonds is 4. The molecule has 1 N–H and O–H groups in total. The van der Waals surface area contributed by atoms with Crippen LogP contribution in [0.15, 0.2) is 48.5 Å². The van der Waals surface area contributed by atoms with Gasteiger partial charge in [-0.05, 0) is 37.5 Å². The Morgan fingerprint density at radius 2 is 1.67 bits per heavy atom. The molecule has 1 aromatic heterocycles. The second kappa shape index (κ2) is 9.64. The fraction of sp³-hybridized carbons (Fsp3) is 0.467. The van der Waals surface area contributed by atoms with Gasteiger partial charge >= 0.3 is 0 Å². The van der Waals surface area contributed by atoms with Crippen molar-refractivity contribution in [2.24, 2.45) is 0 Å². The summed E-state index contributed by atoms with van der Waals surface area (Å²) in [5.74, 6) is 0.898. The zero-order chi connectivity index (χ0) is 24.6. The van der Waals surface area contributed by atoms with Crippen molar-refractivity contribution in [2.75, 3.05) is 13.2 Å². The topological polar surface area (TPSA) is 65.6 Å². The van der Waals surface area contributed by atoms with Crippen molar-refractivity contribution in [2.45, 2.75) is 76.4 Å². The number of H-pyrrole nitrogens is 1. The minimum absolute atomic E-state index is 0.0299. The van der Waals surface area contributed by atoms with E-state index in [9.17, 15) is 9.59 Å². The zero-order valence-corrected chi connectivity index (χ0v) is 21.0. The number of hydrogen-bond acceptors (Lipinski definition) is 3. The van der Waals surface area contributed by atoms with E-state index in [-0.39, 0.29) is 30.4 Å². The monoisotopic (exact) mass is 485 g/mol. The molecule has 36 heavy (non-hydrogen) atoms. The molecule has 1 saturated carbocycles. The Morgan fingerprint density at radius 3 is 2.47 bits per heavy atom. The molecule has 2 aliphatic heterocycles. The van der Waals surface area contributed by atoms with Gasteiger partial charge in [0.05, 0.1) is 6.61 Å². The number of ether oxygens (including phenoxy) is 1. The van der Waals surface area contributed by atoms with Crippen molar-refractivity contribution in [3.63, 3.8) is 0 Å². The van der Waals surface area contributed by atoms with Gasteiger partial charge in [0.15, 0.2) is 0 Å². The van der Waals surface area contributed by atoms with E-state index in [1.54, 1.807) is 0 Å². The third kappa shape index (κ3) is 3.87. The SMILES string of the molecule is CCOc1ccccc1[C@H]1c2[nH]c3ccccc3c2C[C@H]2C(=O)N(C3CCCCCCC3)CC(=O)N12. The number of aromatic nitrogens is 1. The first-order valence-corrected chi connectivity index (χ1v) is 13.6. The van der Waals surface area contributed by atoms with Gasteiger partial charge in [-0.15, -0.1) is 0 Å². The van der Waals surface area contributed by atoms with Crippen LogP contribution in [0.2, 0.25) is 0 Å². The summed E-state index contributed by atoms with van der Waals surface area (Å²) in [5.41, 5.74) is 4.11. The van der Waals surface area contributed by atoms with Crippen LogP contribution in [0.3, 0.4) is 0 Å². The molecule has 6 rings (SSSR count). The van der Waals surface area contributed by atoms with Gasteiger partial charge in [0.1, 0.15) is 24.4 Å². The minimum atomic E-state index is -0.497. The summed E-state index contributed by atoms with van der Waals surface area (Å²) in [6.07, 6.45) is 8.53. The molecule has 6 nitrogen and oxygen atoms in total. The van der Waals surface area contributed by atoms with Gasteiger partial charge in [-0.2, -0.15) is 0 Å². The number of nitrogens with zero attached hydrogens (tertiary/aromatic N) is 2. The molecule has 3 heterocycles. The molecule has 2 aromatic carbocycles. The molecule has 0 spiro atoms. The number of aromatic amines is 1. The molecule has 1 aliphatic carbocycles.